The highest BCUT2D eigenvalue weighted by molar-refractivity contribution is 5.85. The van der Waals surface area contributed by atoms with E-state index in [9.17, 15) is 9.18 Å². The number of hydrogen-bond donors (Lipinski definition) is 1. The summed E-state index contributed by atoms with van der Waals surface area (Å²) in [5.41, 5.74) is -0.134. The lowest BCUT2D eigenvalue weighted by Crippen LogP contribution is -2.03. The molecule has 0 saturated carbocycles. The van der Waals surface area contributed by atoms with Crippen molar-refractivity contribution in [2.24, 2.45) is 0 Å². The summed E-state index contributed by atoms with van der Waals surface area (Å²) in [6.07, 6.45) is 1.36. The van der Waals surface area contributed by atoms with Crippen LogP contribution in [0.25, 0.3) is 5.69 Å². The van der Waals surface area contributed by atoms with Gasteiger partial charge in [-0.3, -0.25) is 0 Å². The molecule has 0 saturated heterocycles. The summed E-state index contributed by atoms with van der Waals surface area (Å²) >= 11 is 0. The van der Waals surface area contributed by atoms with E-state index < -0.39 is 11.8 Å². The number of carboxylic acids is 1. The maximum absolute atomic E-state index is 13.3. The molecule has 0 amide bonds. The van der Waals surface area contributed by atoms with E-state index in [-0.39, 0.29) is 16.9 Å². The van der Waals surface area contributed by atoms with Crippen LogP contribution in [0.5, 0.6) is 0 Å². The molecule has 0 aliphatic heterocycles. The minimum Gasteiger partial charge on any atom is -0.476 e. The number of benzene rings is 1. The smallest absolute Gasteiger partial charge is 0.356 e. The Morgan fingerprint density at radius 3 is 2.82 bits per heavy atom. The van der Waals surface area contributed by atoms with E-state index in [0.717, 1.165) is 10.7 Å². The van der Waals surface area contributed by atoms with E-state index >= 15 is 0 Å². The van der Waals surface area contributed by atoms with E-state index in [1.165, 1.54) is 24.4 Å². The summed E-state index contributed by atoms with van der Waals surface area (Å²) in [7, 11) is 0. The van der Waals surface area contributed by atoms with Crippen LogP contribution in [0.4, 0.5) is 4.39 Å². The molecule has 0 fully saturated rings. The highest BCUT2D eigenvalue weighted by Gasteiger charge is 2.12. The molecule has 0 spiro atoms. The van der Waals surface area contributed by atoms with Crippen molar-refractivity contribution in [2.45, 2.75) is 0 Å². The van der Waals surface area contributed by atoms with Gasteiger partial charge in [-0.2, -0.15) is 10.4 Å². The first-order valence-electron chi connectivity index (χ1n) is 4.61. The van der Waals surface area contributed by atoms with Gasteiger partial charge in [0, 0.05) is 6.20 Å². The van der Waals surface area contributed by atoms with Crippen LogP contribution in [-0.4, -0.2) is 20.9 Å². The van der Waals surface area contributed by atoms with Crippen LogP contribution in [0, 0.1) is 17.1 Å². The molecule has 0 aliphatic rings. The Labute approximate surface area is 95.3 Å². The molecule has 0 aliphatic carbocycles. The van der Waals surface area contributed by atoms with Crippen LogP contribution < -0.4 is 0 Å². The molecule has 1 heterocycles. The van der Waals surface area contributed by atoms with Gasteiger partial charge >= 0.3 is 5.97 Å². The molecule has 6 heteroatoms. The maximum atomic E-state index is 13.3. The van der Waals surface area contributed by atoms with Gasteiger partial charge in [-0.1, -0.05) is 6.07 Å². The molecule has 0 bridgehead atoms. The first-order valence-corrected chi connectivity index (χ1v) is 4.61. The van der Waals surface area contributed by atoms with E-state index in [1.54, 1.807) is 6.07 Å². The molecule has 5 nitrogen and oxygen atoms in total. The van der Waals surface area contributed by atoms with Crippen molar-refractivity contribution in [3.8, 4) is 11.8 Å². The molecule has 1 aromatic heterocycles. The number of nitrogens with zero attached hydrogens (tertiary/aromatic N) is 3. The largest absolute Gasteiger partial charge is 0.476 e. The SMILES string of the molecule is N#Cc1c(F)cccc1-n1ccc(C(=O)O)n1. The highest BCUT2D eigenvalue weighted by atomic mass is 19.1. The Kier molecular flexibility index (Phi) is 2.58. The third-order valence-electron chi connectivity index (χ3n) is 2.16. The van der Waals surface area contributed by atoms with Gasteiger partial charge < -0.3 is 5.11 Å². The van der Waals surface area contributed by atoms with Crippen molar-refractivity contribution in [1.29, 1.82) is 5.26 Å². The standard InChI is InChI=1S/C11H6FN3O2/c12-8-2-1-3-10(7(8)6-13)15-5-4-9(14-15)11(16)17/h1-5H,(H,16,17). The van der Waals surface area contributed by atoms with Crippen molar-refractivity contribution in [1.82, 2.24) is 9.78 Å². The summed E-state index contributed by atoms with van der Waals surface area (Å²) < 4.78 is 14.5. The number of aromatic carboxylic acids is 1. The van der Waals surface area contributed by atoms with Gasteiger partial charge in [-0.15, -0.1) is 0 Å². The van der Waals surface area contributed by atoms with Crippen molar-refractivity contribution in [2.75, 3.05) is 0 Å². The summed E-state index contributed by atoms with van der Waals surface area (Å²) in [4.78, 5) is 10.7. The predicted octanol–water partition coefficient (Wildman–Crippen LogP) is 1.58. The Morgan fingerprint density at radius 1 is 1.47 bits per heavy atom. The van der Waals surface area contributed by atoms with Crippen LogP contribution in [0.15, 0.2) is 30.5 Å². The zero-order valence-corrected chi connectivity index (χ0v) is 8.46. The number of hydrogen-bond acceptors (Lipinski definition) is 3. The Hall–Kier alpha value is -2.68. The summed E-state index contributed by atoms with van der Waals surface area (Å²) in [5, 5.41) is 21.3. The summed E-state index contributed by atoms with van der Waals surface area (Å²) in [5.74, 6) is -1.85. The molecule has 1 aromatic carbocycles. The first kappa shape index (κ1) is 10.8. The molecule has 2 rings (SSSR count). The fourth-order valence-corrected chi connectivity index (χ4v) is 1.39. The van der Waals surface area contributed by atoms with E-state index in [2.05, 4.69) is 5.10 Å². The minimum absolute atomic E-state index is 0.168. The molecule has 2 aromatic rings. The summed E-state index contributed by atoms with van der Waals surface area (Å²) in [6.45, 7) is 0. The summed E-state index contributed by atoms with van der Waals surface area (Å²) in [6, 6.07) is 7.06. The van der Waals surface area contributed by atoms with Crippen LogP contribution in [0.1, 0.15) is 16.1 Å². The lowest BCUT2D eigenvalue weighted by Gasteiger charge is -2.03. The van der Waals surface area contributed by atoms with Crippen molar-refractivity contribution >= 4 is 5.97 Å². The number of carbonyl (C=O) groups is 1. The van der Waals surface area contributed by atoms with Gasteiger partial charge in [-0.25, -0.2) is 13.9 Å². The first-order chi connectivity index (χ1) is 8.13. The second kappa shape index (κ2) is 4.06. The van der Waals surface area contributed by atoms with E-state index in [1.807, 2.05) is 0 Å². The molecule has 17 heavy (non-hydrogen) atoms. The van der Waals surface area contributed by atoms with Gasteiger partial charge in [0.2, 0.25) is 0 Å². The Balaban J connectivity index is 2.57. The van der Waals surface area contributed by atoms with Crippen LogP contribution in [-0.2, 0) is 0 Å². The van der Waals surface area contributed by atoms with Gasteiger partial charge in [0.1, 0.15) is 17.4 Å². The van der Waals surface area contributed by atoms with Gasteiger partial charge in [0.25, 0.3) is 0 Å². The second-order valence-electron chi connectivity index (χ2n) is 3.20. The highest BCUT2D eigenvalue weighted by Crippen LogP contribution is 2.16. The fourth-order valence-electron chi connectivity index (χ4n) is 1.39. The normalized spacial score (nSPS) is 9.88. The molecule has 0 radical (unpaired) electrons. The van der Waals surface area contributed by atoms with Gasteiger partial charge in [0.05, 0.1) is 5.69 Å². The van der Waals surface area contributed by atoms with E-state index in [4.69, 9.17) is 10.4 Å². The van der Waals surface area contributed by atoms with Gasteiger partial charge in [-0.05, 0) is 18.2 Å². The second-order valence-corrected chi connectivity index (χ2v) is 3.20. The average Bonchev–Trinajstić information content (AvgIpc) is 2.77. The average molecular weight is 231 g/mol. The molecule has 0 atom stereocenters. The topological polar surface area (TPSA) is 78.9 Å². The number of halogens is 1. The lowest BCUT2D eigenvalue weighted by atomic mass is 10.2. The molecule has 1 N–H and O–H groups in total. The lowest BCUT2D eigenvalue weighted by molar-refractivity contribution is 0.0690. The molecule has 84 valence electrons. The Bertz CT molecular complexity index is 628. The third kappa shape index (κ3) is 1.86. The molecular formula is C11H6FN3O2. The number of aromatic nitrogens is 2. The maximum Gasteiger partial charge on any atom is 0.356 e. The zero-order chi connectivity index (χ0) is 12.4. The molecular weight excluding hydrogens is 225 g/mol. The minimum atomic E-state index is -1.18. The number of rotatable bonds is 2. The number of nitriles is 1. The van der Waals surface area contributed by atoms with Crippen molar-refractivity contribution in [3.05, 3.63) is 47.5 Å². The monoisotopic (exact) mass is 231 g/mol. The fraction of sp³-hybridized carbons (Fsp3) is 0. The van der Waals surface area contributed by atoms with Crippen molar-refractivity contribution in [3.63, 3.8) is 0 Å². The zero-order valence-electron chi connectivity index (χ0n) is 8.46. The quantitative estimate of drug-likeness (QED) is 0.850. The molecule has 0 unspecified atom stereocenters. The van der Waals surface area contributed by atoms with Crippen LogP contribution >= 0.6 is 0 Å². The van der Waals surface area contributed by atoms with E-state index in [0.29, 0.717) is 0 Å². The third-order valence-corrected chi connectivity index (χ3v) is 2.16. The number of carboxylic acid groups (broad SMARTS) is 1. The predicted molar refractivity (Wildman–Crippen MR) is 55.2 cm³/mol. The van der Waals surface area contributed by atoms with Gasteiger partial charge in [0.15, 0.2) is 5.69 Å². The van der Waals surface area contributed by atoms with Crippen LogP contribution in [0.3, 0.4) is 0 Å². The van der Waals surface area contributed by atoms with Crippen molar-refractivity contribution < 1.29 is 14.3 Å². The Morgan fingerprint density at radius 2 is 2.24 bits per heavy atom. The van der Waals surface area contributed by atoms with Crippen LogP contribution in [0.2, 0.25) is 0 Å².